The topological polar surface area (TPSA) is 66.9 Å². The van der Waals surface area contributed by atoms with Crippen LogP contribution >= 0.6 is 0 Å². The minimum absolute atomic E-state index is 0.0390. The summed E-state index contributed by atoms with van der Waals surface area (Å²) >= 11 is 0. The molecule has 1 aliphatic rings. The summed E-state index contributed by atoms with van der Waals surface area (Å²) in [6, 6.07) is 7.04. The van der Waals surface area contributed by atoms with Crippen molar-refractivity contribution in [2.75, 3.05) is 25.9 Å². The Labute approximate surface area is 138 Å². The number of ether oxygens (including phenoxy) is 1. The monoisotopic (exact) mass is 340 g/mol. The van der Waals surface area contributed by atoms with Crippen LogP contribution in [0.15, 0.2) is 24.3 Å². The Kier molecular flexibility index (Phi) is 5.31. The molecule has 0 unspecified atom stereocenters. The third-order valence-electron chi connectivity index (χ3n) is 3.84. The molecule has 1 heterocycles. The third kappa shape index (κ3) is 4.45. The molecule has 23 heavy (non-hydrogen) atoms. The van der Waals surface area contributed by atoms with Gasteiger partial charge in [-0.1, -0.05) is 12.1 Å². The molecule has 1 aliphatic heterocycles. The average molecular weight is 340 g/mol. The van der Waals surface area contributed by atoms with Crippen molar-refractivity contribution in [2.24, 2.45) is 0 Å². The number of sulfonamides is 1. The van der Waals surface area contributed by atoms with Crippen LogP contribution in [0.1, 0.15) is 32.4 Å². The van der Waals surface area contributed by atoms with E-state index in [1.807, 2.05) is 38.1 Å². The largest absolute Gasteiger partial charge is 0.491 e. The molecule has 1 saturated heterocycles. The lowest BCUT2D eigenvalue weighted by molar-refractivity contribution is -0.130. The van der Waals surface area contributed by atoms with E-state index in [0.29, 0.717) is 19.6 Å². The van der Waals surface area contributed by atoms with Crippen molar-refractivity contribution < 1.29 is 17.9 Å². The van der Waals surface area contributed by atoms with E-state index >= 15 is 0 Å². The van der Waals surface area contributed by atoms with Crippen LogP contribution in [0.25, 0.3) is 0 Å². The van der Waals surface area contributed by atoms with Crippen LogP contribution in [0.3, 0.4) is 0 Å². The van der Waals surface area contributed by atoms with Crippen molar-refractivity contribution in [2.45, 2.75) is 32.9 Å². The highest BCUT2D eigenvalue weighted by molar-refractivity contribution is 7.88. The van der Waals surface area contributed by atoms with Gasteiger partial charge in [-0.2, -0.15) is 4.31 Å². The van der Waals surface area contributed by atoms with Crippen molar-refractivity contribution >= 4 is 15.9 Å². The summed E-state index contributed by atoms with van der Waals surface area (Å²) in [5.74, 6) is 0.705. The number of benzene rings is 1. The highest BCUT2D eigenvalue weighted by atomic mass is 32.2. The van der Waals surface area contributed by atoms with E-state index in [1.54, 1.807) is 4.90 Å². The Morgan fingerprint density at radius 2 is 1.83 bits per heavy atom. The SMILES string of the molecule is CC(=O)N1CCN(S(C)(=O)=O)[C@H](c2ccc(OC(C)C)cc2)C1. The van der Waals surface area contributed by atoms with Crippen molar-refractivity contribution in [3.63, 3.8) is 0 Å². The van der Waals surface area contributed by atoms with Gasteiger partial charge in [0.25, 0.3) is 0 Å². The molecule has 1 fully saturated rings. The second-order valence-electron chi connectivity index (χ2n) is 6.09. The summed E-state index contributed by atoms with van der Waals surface area (Å²) in [6.45, 7) is 6.51. The van der Waals surface area contributed by atoms with E-state index in [4.69, 9.17) is 4.74 Å². The summed E-state index contributed by atoms with van der Waals surface area (Å²) in [7, 11) is -3.34. The van der Waals surface area contributed by atoms with Crippen molar-refractivity contribution in [1.82, 2.24) is 9.21 Å². The first-order chi connectivity index (χ1) is 10.7. The summed E-state index contributed by atoms with van der Waals surface area (Å²) in [6.07, 6.45) is 1.29. The summed E-state index contributed by atoms with van der Waals surface area (Å²) in [5.41, 5.74) is 0.859. The van der Waals surface area contributed by atoms with Crippen LogP contribution in [0.2, 0.25) is 0 Å². The maximum atomic E-state index is 12.1. The molecule has 2 rings (SSSR count). The van der Waals surface area contributed by atoms with Crippen molar-refractivity contribution in [3.8, 4) is 5.75 Å². The third-order valence-corrected chi connectivity index (χ3v) is 5.13. The van der Waals surface area contributed by atoms with E-state index in [-0.39, 0.29) is 18.1 Å². The normalized spacial score (nSPS) is 19.9. The number of piperazine rings is 1. The van der Waals surface area contributed by atoms with Crippen molar-refractivity contribution in [3.05, 3.63) is 29.8 Å². The van der Waals surface area contributed by atoms with Gasteiger partial charge in [0.1, 0.15) is 5.75 Å². The van der Waals surface area contributed by atoms with Gasteiger partial charge < -0.3 is 9.64 Å². The predicted molar refractivity (Wildman–Crippen MR) is 88.8 cm³/mol. The molecule has 1 amide bonds. The zero-order valence-corrected chi connectivity index (χ0v) is 14.8. The highest BCUT2D eigenvalue weighted by Crippen LogP contribution is 2.29. The van der Waals surface area contributed by atoms with Crippen LogP contribution < -0.4 is 4.74 Å². The number of hydrogen-bond acceptors (Lipinski definition) is 4. The molecule has 1 aromatic carbocycles. The quantitative estimate of drug-likeness (QED) is 0.836. The van der Waals surface area contributed by atoms with Crippen molar-refractivity contribution in [1.29, 1.82) is 0 Å². The minimum atomic E-state index is -3.34. The molecular weight excluding hydrogens is 316 g/mol. The number of carbonyl (C=O) groups excluding carboxylic acids is 1. The van der Waals surface area contributed by atoms with Crippen LogP contribution in [-0.2, 0) is 14.8 Å². The molecule has 0 spiro atoms. The maximum Gasteiger partial charge on any atom is 0.219 e. The molecule has 0 N–H and O–H groups in total. The standard InChI is InChI=1S/C16H24N2O4S/c1-12(2)22-15-7-5-14(6-8-15)16-11-17(13(3)19)9-10-18(16)23(4,20)21/h5-8,12,16H,9-11H2,1-4H3/t16-/m0/s1. The Balaban J connectivity index is 2.28. The molecule has 1 atom stereocenters. The fourth-order valence-corrected chi connectivity index (χ4v) is 3.83. The van der Waals surface area contributed by atoms with E-state index in [9.17, 15) is 13.2 Å². The van der Waals surface area contributed by atoms with E-state index in [2.05, 4.69) is 0 Å². The Hall–Kier alpha value is -1.60. The van der Waals surface area contributed by atoms with Gasteiger partial charge in [-0.3, -0.25) is 4.79 Å². The number of rotatable bonds is 4. The van der Waals surface area contributed by atoms with E-state index in [0.717, 1.165) is 11.3 Å². The van der Waals surface area contributed by atoms with Gasteiger partial charge in [-0.15, -0.1) is 0 Å². The highest BCUT2D eigenvalue weighted by Gasteiger charge is 2.34. The second-order valence-corrected chi connectivity index (χ2v) is 8.03. The van der Waals surface area contributed by atoms with Gasteiger partial charge in [-0.05, 0) is 31.5 Å². The zero-order valence-electron chi connectivity index (χ0n) is 14.0. The first kappa shape index (κ1) is 17.7. The van der Waals surface area contributed by atoms with E-state index in [1.165, 1.54) is 17.5 Å². The molecule has 6 nitrogen and oxygen atoms in total. The lowest BCUT2D eigenvalue weighted by Gasteiger charge is -2.39. The van der Waals surface area contributed by atoms with Gasteiger partial charge in [0.05, 0.1) is 18.4 Å². The van der Waals surface area contributed by atoms with Gasteiger partial charge in [0.15, 0.2) is 0 Å². The molecule has 0 aromatic heterocycles. The lowest BCUT2D eigenvalue weighted by atomic mass is 10.0. The molecule has 0 radical (unpaired) electrons. The number of nitrogens with zero attached hydrogens (tertiary/aromatic N) is 2. The Bertz CT molecular complexity index is 655. The maximum absolute atomic E-state index is 12.1. The number of amides is 1. The van der Waals surface area contributed by atoms with Crippen LogP contribution in [0.5, 0.6) is 5.75 Å². The summed E-state index contributed by atoms with van der Waals surface area (Å²) in [4.78, 5) is 13.3. The molecule has 7 heteroatoms. The van der Waals surface area contributed by atoms with Gasteiger partial charge in [-0.25, -0.2) is 8.42 Å². The lowest BCUT2D eigenvalue weighted by Crippen LogP contribution is -2.51. The van der Waals surface area contributed by atoms with Gasteiger partial charge in [0.2, 0.25) is 15.9 Å². The summed E-state index contributed by atoms with van der Waals surface area (Å²) < 4.78 is 31.2. The van der Waals surface area contributed by atoms with Gasteiger partial charge in [0, 0.05) is 26.6 Å². The molecule has 0 saturated carbocycles. The Morgan fingerprint density at radius 3 is 2.30 bits per heavy atom. The van der Waals surface area contributed by atoms with Gasteiger partial charge >= 0.3 is 0 Å². The smallest absolute Gasteiger partial charge is 0.219 e. The number of carbonyl (C=O) groups is 1. The van der Waals surface area contributed by atoms with Crippen LogP contribution in [-0.4, -0.2) is 55.5 Å². The van der Waals surface area contributed by atoms with E-state index < -0.39 is 10.0 Å². The summed E-state index contributed by atoms with van der Waals surface area (Å²) in [5, 5.41) is 0. The predicted octanol–water partition coefficient (Wildman–Crippen LogP) is 1.64. The fraction of sp³-hybridized carbons (Fsp3) is 0.562. The van der Waals surface area contributed by atoms with Crippen LogP contribution in [0, 0.1) is 0 Å². The number of hydrogen-bond donors (Lipinski definition) is 0. The first-order valence-corrected chi connectivity index (χ1v) is 9.52. The fourth-order valence-electron chi connectivity index (χ4n) is 2.76. The molecule has 0 bridgehead atoms. The molecule has 0 aliphatic carbocycles. The molecular formula is C16H24N2O4S. The molecule has 1 aromatic rings. The minimum Gasteiger partial charge on any atom is -0.491 e. The first-order valence-electron chi connectivity index (χ1n) is 7.67. The van der Waals surface area contributed by atoms with Crippen LogP contribution in [0.4, 0.5) is 0 Å². The zero-order chi connectivity index (χ0) is 17.2. The second kappa shape index (κ2) is 6.88. The Morgan fingerprint density at radius 1 is 1.22 bits per heavy atom. The molecule has 128 valence electrons. The average Bonchev–Trinajstić information content (AvgIpc) is 2.45.